The maximum absolute atomic E-state index is 14.0. The van der Waals surface area contributed by atoms with Gasteiger partial charge in [-0.05, 0) is 54.5 Å². The third kappa shape index (κ3) is 6.58. The van der Waals surface area contributed by atoms with Crippen molar-refractivity contribution in [2.24, 2.45) is 0 Å². The van der Waals surface area contributed by atoms with Crippen molar-refractivity contribution in [3.63, 3.8) is 0 Å². The van der Waals surface area contributed by atoms with Gasteiger partial charge >= 0.3 is 16.2 Å². The van der Waals surface area contributed by atoms with Crippen molar-refractivity contribution in [2.75, 3.05) is 30.4 Å². The zero-order chi connectivity index (χ0) is 29.9. The summed E-state index contributed by atoms with van der Waals surface area (Å²) in [4.78, 5) is 36.0. The van der Waals surface area contributed by atoms with Crippen LogP contribution in [0.25, 0.3) is 15.8 Å². The number of nitrogens with zero attached hydrogens (tertiary/aromatic N) is 4. The Bertz CT molecular complexity index is 1740. The minimum Gasteiger partial charge on any atom is -0.481 e. The smallest absolute Gasteiger partial charge is 0.334 e. The number of carbonyl (C=O) groups excluding carboxylic acids is 2. The molecule has 3 amide bonds. The first-order valence-corrected chi connectivity index (χ1v) is 14.1. The molecule has 2 aromatic heterocycles. The van der Waals surface area contributed by atoms with E-state index < -0.39 is 39.5 Å². The molecular weight excluding hydrogens is 578 g/mol. The first-order chi connectivity index (χ1) is 19.4. The summed E-state index contributed by atoms with van der Waals surface area (Å²) in [6.45, 7) is 1.36. The number of hydrogen-bond acceptors (Lipinski definition) is 8. The fraction of sp³-hybridized carbons (Fsp3) is 0.154. The number of methoxy groups -OCH3 is 1. The molecule has 2 N–H and O–H groups in total. The van der Waals surface area contributed by atoms with Crippen molar-refractivity contribution in [2.45, 2.75) is 6.92 Å². The minimum atomic E-state index is -4.48. The van der Waals surface area contributed by atoms with Crippen LogP contribution in [0.2, 0.25) is 0 Å². The molecule has 4 aromatic rings. The summed E-state index contributed by atoms with van der Waals surface area (Å²) in [5, 5.41) is 2.26. The highest BCUT2D eigenvalue weighted by molar-refractivity contribution is 7.91. The van der Waals surface area contributed by atoms with E-state index in [1.54, 1.807) is 23.7 Å². The van der Waals surface area contributed by atoms with Gasteiger partial charge in [0.05, 0.1) is 34.7 Å². The van der Waals surface area contributed by atoms with E-state index in [1.807, 2.05) is 4.72 Å². The maximum Gasteiger partial charge on any atom is 0.334 e. The maximum atomic E-state index is 14.0. The van der Waals surface area contributed by atoms with Crippen LogP contribution in [-0.4, -0.2) is 51.5 Å². The number of anilines is 2. The summed E-state index contributed by atoms with van der Waals surface area (Å²) in [5.41, 5.74) is 2.32. The Labute approximate surface area is 238 Å². The Kier molecular flexibility index (Phi) is 8.49. The Morgan fingerprint density at radius 1 is 0.976 bits per heavy atom. The van der Waals surface area contributed by atoms with E-state index in [9.17, 15) is 26.8 Å². The third-order valence-electron chi connectivity index (χ3n) is 6.00. The average Bonchev–Trinajstić information content (AvgIpc) is 3.41. The fourth-order valence-corrected chi connectivity index (χ4v) is 5.17. The number of urea groups is 1. The van der Waals surface area contributed by atoms with E-state index in [1.165, 1.54) is 62.7 Å². The van der Waals surface area contributed by atoms with Crippen molar-refractivity contribution in [3.8, 4) is 5.88 Å². The number of nitrogens with one attached hydrogen (secondary N) is 2. The van der Waals surface area contributed by atoms with Gasteiger partial charge in [0.15, 0.2) is 0 Å². The monoisotopic (exact) mass is 602 g/mol. The summed E-state index contributed by atoms with van der Waals surface area (Å²) in [6, 6.07) is 9.25. The number of likely N-dealkylation sites (N-methyl/N-ethyl adjacent to an activating group) is 1. The number of thiazole rings is 1. The van der Waals surface area contributed by atoms with Gasteiger partial charge in [0.25, 0.3) is 5.91 Å². The molecule has 0 aliphatic heterocycles. The number of benzene rings is 2. The van der Waals surface area contributed by atoms with E-state index in [0.717, 1.165) is 21.1 Å². The number of halogens is 2. The van der Waals surface area contributed by atoms with Crippen molar-refractivity contribution in [1.29, 1.82) is 0 Å². The van der Waals surface area contributed by atoms with E-state index in [2.05, 4.69) is 15.3 Å². The second-order valence-electron chi connectivity index (χ2n) is 8.61. The lowest BCUT2D eigenvalue weighted by atomic mass is 10.0. The summed E-state index contributed by atoms with van der Waals surface area (Å²) in [6.07, 6.45) is 1.22. The second kappa shape index (κ2) is 11.9. The highest BCUT2D eigenvalue weighted by atomic mass is 32.2. The summed E-state index contributed by atoms with van der Waals surface area (Å²) in [7, 11) is -0.472. The second-order valence-corrected chi connectivity index (χ2v) is 11.2. The van der Waals surface area contributed by atoms with E-state index in [-0.39, 0.29) is 22.7 Å². The van der Waals surface area contributed by atoms with Crippen molar-refractivity contribution in [3.05, 3.63) is 83.1 Å². The Balaban J connectivity index is 1.66. The first kappa shape index (κ1) is 29.4. The van der Waals surface area contributed by atoms with Crippen molar-refractivity contribution in [1.82, 2.24) is 20.0 Å². The predicted octanol–water partition coefficient (Wildman–Crippen LogP) is 4.05. The number of aromatic nitrogens is 2. The third-order valence-corrected chi connectivity index (χ3v) is 8.19. The van der Waals surface area contributed by atoms with Crippen LogP contribution in [-0.2, 0) is 15.0 Å². The van der Waals surface area contributed by atoms with Gasteiger partial charge in [-0.3, -0.25) is 9.10 Å². The molecule has 0 saturated heterocycles. The van der Waals surface area contributed by atoms with Crippen LogP contribution in [0.3, 0.4) is 0 Å². The molecule has 0 fully saturated rings. The van der Waals surface area contributed by atoms with Crippen LogP contribution >= 0.6 is 11.3 Å². The summed E-state index contributed by atoms with van der Waals surface area (Å²) >= 11 is 1.41. The fourth-order valence-electron chi connectivity index (χ4n) is 3.71. The molecule has 214 valence electrons. The summed E-state index contributed by atoms with van der Waals surface area (Å²) in [5.74, 6) is -2.35. The molecule has 11 nitrogen and oxygen atoms in total. The van der Waals surface area contributed by atoms with Crippen LogP contribution in [0.4, 0.5) is 25.0 Å². The van der Waals surface area contributed by atoms with Gasteiger partial charge in [-0.2, -0.15) is 8.42 Å². The number of amides is 3. The normalized spacial score (nSPS) is 12.0. The number of fused-ring (bicyclic) bond motifs is 1. The highest BCUT2D eigenvalue weighted by Crippen LogP contribution is 2.26. The van der Waals surface area contributed by atoms with Gasteiger partial charge in [0.2, 0.25) is 5.88 Å². The standard InChI is InChI=1S/C26H24F2N6O5S2/c1-15(16-9-17(27)11-18(28)10-16)24(25(35)33(2)19-5-7-22-21(12-19)30-14-40-22)31-26(36)32-41(37,38)34(3)20-6-8-23(39-4)29-13-20/h5-14H,1-4H3,(H2,31,32,36)/b24-15-. The SMILES string of the molecule is COc1ccc(N(C)S(=O)(=O)NC(=O)N/C(C(=O)N(C)c2ccc3scnc3c2)=C(/C)c2cc(F)cc(F)c2)cn1. The van der Waals surface area contributed by atoms with Crippen LogP contribution < -0.4 is 24.0 Å². The van der Waals surface area contributed by atoms with Crippen LogP contribution in [0, 0.1) is 11.6 Å². The lowest BCUT2D eigenvalue weighted by molar-refractivity contribution is -0.115. The molecule has 0 spiro atoms. The van der Waals surface area contributed by atoms with Crippen molar-refractivity contribution < 1.29 is 31.5 Å². The topological polar surface area (TPSA) is 134 Å². The van der Waals surface area contributed by atoms with Crippen LogP contribution in [0.1, 0.15) is 12.5 Å². The average molecular weight is 603 g/mol. The van der Waals surface area contributed by atoms with Gasteiger partial charge in [0.1, 0.15) is 17.3 Å². The molecular formula is C26H24F2N6O5S2. The predicted molar refractivity (Wildman–Crippen MR) is 152 cm³/mol. The molecule has 15 heteroatoms. The Morgan fingerprint density at radius 2 is 1.66 bits per heavy atom. The van der Waals surface area contributed by atoms with Crippen LogP contribution in [0.15, 0.2) is 65.9 Å². The minimum absolute atomic E-state index is 0.0183. The Hall–Kier alpha value is -4.63. The molecule has 41 heavy (non-hydrogen) atoms. The lowest BCUT2D eigenvalue weighted by Crippen LogP contribution is -2.48. The Morgan fingerprint density at radius 3 is 2.29 bits per heavy atom. The number of hydrogen-bond donors (Lipinski definition) is 2. The highest BCUT2D eigenvalue weighted by Gasteiger charge is 2.26. The lowest BCUT2D eigenvalue weighted by Gasteiger charge is -2.23. The van der Waals surface area contributed by atoms with Gasteiger partial charge in [-0.15, -0.1) is 11.3 Å². The summed E-state index contributed by atoms with van der Waals surface area (Å²) < 4.78 is 62.3. The van der Waals surface area contributed by atoms with E-state index in [0.29, 0.717) is 17.3 Å². The zero-order valence-electron chi connectivity index (χ0n) is 22.2. The number of ether oxygens (including phenoxy) is 1. The zero-order valence-corrected chi connectivity index (χ0v) is 23.8. The largest absolute Gasteiger partial charge is 0.481 e. The van der Waals surface area contributed by atoms with Gasteiger partial charge in [-0.1, -0.05) is 0 Å². The molecule has 4 rings (SSSR count). The van der Waals surface area contributed by atoms with Gasteiger partial charge < -0.3 is 15.0 Å². The number of allylic oxidation sites excluding steroid dienone is 1. The number of carbonyl (C=O) groups is 2. The molecule has 0 aliphatic carbocycles. The first-order valence-electron chi connectivity index (χ1n) is 11.8. The molecule has 0 atom stereocenters. The molecule has 2 heterocycles. The van der Waals surface area contributed by atoms with Gasteiger partial charge in [-0.25, -0.2) is 28.3 Å². The molecule has 0 unspecified atom stereocenters. The van der Waals surface area contributed by atoms with E-state index >= 15 is 0 Å². The van der Waals surface area contributed by atoms with Gasteiger partial charge in [0, 0.05) is 31.9 Å². The van der Waals surface area contributed by atoms with Crippen molar-refractivity contribution >= 4 is 60.6 Å². The molecule has 0 saturated carbocycles. The molecule has 0 bridgehead atoms. The number of rotatable bonds is 8. The van der Waals surface area contributed by atoms with Crippen LogP contribution in [0.5, 0.6) is 5.88 Å². The molecule has 0 aliphatic rings. The molecule has 0 radical (unpaired) electrons. The number of pyridine rings is 1. The molecule has 2 aromatic carbocycles. The quantitative estimate of drug-likeness (QED) is 0.291. The van der Waals surface area contributed by atoms with E-state index in [4.69, 9.17) is 4.74 Å².